The lowest BCUT2D eigenvalue weighted by Gasteiger charge is -2.02. The van der Waals surface area contributed by atoms with Gasteiger partial charge in [-0.1, -0.05) is 75.6 Å². The number of carbonyl (C=O) groups excluding carboxylic acids is 2. The maximum atomic E-state index is 12.0. The van der Waals surface area contributed by atoms with Crippen LogP contribution in [0, 0.1) is 0 Å². The lowest BCUT2D eigenvalue weighted by atomic mass is 10.1. The van der Waals surface area contributed by atoms with Crippen LogP contribution in [0.2, 0.25) is 0 Å². The molecule has 0 saturated carbocycles. The highest BCUT2D eigenvalue weighted by atomic mass is 32.2. The molecule has 0 aliphatic heterocycles. The molecule has 1 aromatic carbocycles. The maximum Gasteiger partial charge on any atom is 0.244 e. The molecule has 0 aliphatic rings. The van der Waals surface area contributed by atoms with Gasteiger partial charge in [0, 0.05) is 18.2 Å². The fourth-order valence-corrected chi connectivity index (χ4v) is 2.74. The number of thioether (sulfide) groups is 1. The van der Waals surface area contributed by atoms with Gasteiger partial charge in [-0.05, 0) is 29.5 Å². The van der Waals surface area contributed by atoms with Crippen molar-refractivity contribution in [1.82, 2.24) is 5.32 Å². The van der Waals surface area contributed by atoms with Crippen LogP contribution in [0.5, 0.6) is 0 Å². The van der Waals surface area contributed by atoms with E-state index in [9.17, 15) is 9.59 Å². The average Bonchev–Trinajstić information content (AvgIpc) is 2.61. The predicted octanol–water partition coefficient (Wildman–Crippen LogP) is 5.19. The zero-order chi connectivity index (χ0) is 17.6. The van der Waals surface area contributed by atoms with Crippen LogP contribution in [-0.2, 0) is 4.79 Å². The standard InChI is InChI=1S/C20H27NO2S/c1-3-5-6-7-8-9-15-21-19(22)14-16-24-20(23)18-12-10-17(4-2)11-13-18/h4,10-14,16H,2-3,5-9,15H2,1H3,(H,21,22). The van der Waals surface area contributed by atoms with Crippen LogP contribution in [-0.4, -0.2) is 17.6 Å². The van der Waals surface area contributed by atoms with Crippen molar-refractivity contribution in [3.8, 4) is 0 Å². The highest BCUT2D eigenvalue weighted by Crippen LogP contribution is 2.14. The Morgan fingerprint density at radius 1 is 1.08 bits per heavy atom. The van der Waals surface area contributed by atoms with Crippen molar-refractivity contribution in [2.24, 2.45) is 0 Å². The summed E-state index contributed by atoms with van der Waals surface area (Å²) in [5.74, 6) is -0.147. The summed E-state index contributed by atoms with van der Waals surface area (Å²) in [6.45, 7) is 6.57. The number of hydrogen-bond donors (Lipinski definition) is 1. The average molecular weight is 346 g/mol. The quantitative estimate of drug-likeness (QED) is 0.443. The highest BCUT2D eigenvalue weighted by molar-refractivity contribution is 8.16. The maximum absolute atomic E-state index is 12.0. The minimum atomic E-state index is -0.147. The molecule has 3 nitrogen and oxygen atoms in total. The van der Waals surface area contributed by atoms with E-state index in [4.69, 9.17) is 0 Å². The van der Waals surface area contributed by atoms with Crippen LogP contribution in [0.4, 0.5) is 0 Å². The van der Waals surface area contributed by atoms with Gasteiger partial charge in [0.1, 0.15) is 0 Å². The summed E-state index contributed by atoms with van der Waals surface area (Å²) in [6.07, 6.45) is 10.3. The summed E-state index contributed by atoms with van der Waals surface area (Å²) in [5, 5.41) is 4.30. The molecule has 0 spiro atoms. The van der Waals surface area contributed by atoms with Crippen molar-refractivity contribution in [1.29, 1.82) is 0 Å². The first-order valence-corrected chi connectivity index (χ1v) is 9.43. The molecule has 0 atom stereocenters. The number of unbranched alkanes of at least 4 members (excludes halogenated alkanes) is 5. The number of carbonyl (C=O) groups is 2. The van der Waals surface area contributed by atoms with Gasteiger partial charge in [0.15, 0.2) is 0 Å². The van der Waals surface area contributed by atoms with E-state index in [0.717, 1.165) is 30.2 Å². The number of hydrogen-bond acceptors (Lipinski definition) is 3. The van der Waals surface area contributed by atoms with Gasteiger partial charge in [-0.25, -0.2) is 0 Å². The van der Waals surface area contributed by atoms with E-state index in [1.807, 2.05) is 12.1 Å². The molecule has 0 aliphatic carbocycles. The van der Waals surface area contributed by atoms with Gasteiger partial charge in [0.05, 0.1) is 0 Å². The van der Waals surface area contributed by atoms with Gasteiger partial charge in [-0.3, -0.25) is 9.59 Å². The van der Waals surface area contributed by atoms with Gasteiger partial charge in [-0.2, -0.15) is 0 Å². The van der Waals surface area contributed by atoms with Gasteiger partial charge in [0.2, 0.25) is 11.0 Å². The summed E-state index contributed by atoms with van der Waals surface area (Å²) < 4.78 is 0. The summed E-state index contributed by atoms with van der Waals surface area (Å²) in [4.78, 5) is 23.6. The Balaban J connectivity index is 2.19. The monoisotopic (exact) mass is 345 g/mol. The normalized spacial score (nSPS) is 10.7. The molecule has 1 rings (SSSR count). The van der Waals surface area contributed by atoms with Crippen LogP contribution in [0.25, 0.3) is 6.08 Å². The van der Waals surface area contributed by atoms with E-state index >= 15 is 0 Å². The molecule has 0 aromatic heterocycles. The smallest absolute Gasteiger partial charge is 0.244 e. The summed E-state index contributed by atoms with van der Waals surface area (Å²) in [6, 6.07) is 7.22. The van der Waals surface area contributed by atoms with E-state index in [2.05, 4.69) is 18.8 Å². The van der Waals surface area contributed by atoms with E-state index in [1.165, 1.54) is 31.8 Å². The highest BCUT2D eigenvalue weighted by Gasteiger charge is 2.04. The van der Waals surface area contributed by atoms with E-state index in [-0.39, 0.29) is 11.0 Å². The third-order valence-corrected chi connectivity index (χ3v) is 4.33. The molecular formula is C20H27NO2S. The summed E-state index contributed by atoms with van der Waals surface area (Å²) >= 11 is 1.02. The Morgan fingerprint density at radius 3 is 2.42 bits per heavy atom. The minimum absolute atomic E-state index is 0.0782. The van der Waals surface area contributed by atoms with Crippen LogP contribution < -0.4 is 5.32 Å². The number of rotatable bonds is 11. The summed E-state index contributed by atoms with van der Waals surface area (Å²) in [5.41, 5.74) is 1.59. The van der Waals surface area contributed by atoms with Crippen molar-refractivity contribution in [3.63, 3.8) is 0 Å². The molecule has 0 fully saturated rings. The molecular weight excluding hydrogens is 318 g/mol. The van der Waals surface area contributed by atoms with Gasteiger partial charge in [0.25, 0.3) is 0 Å². The topological polar surface area (TPSA) is 46.2 Å². The van der Waals surface area contributed by atoms with Crippen LogP contribution in [0.3, 0.4) is 0 Å². The number of nitrogens with one attached hydrogen (secondary N) is 1. The van der Waals surface area contributed by atoms with E-state index in [0.29, 0.717) is 12.1 Å². The lowest BCUT2D eigenvalue weighted by Crippen LogP contribution is -2.21. The first kappa shape index (κ1) is 20.2. The lowest BCUT2D eigenvalue weighted by molar-refractivity contribution is -0.116. The molecule has 130 valence electrons. The first-order valence-electron chi connectivity index (χ1n) is 8.55. The zero-order valence-electron chi connectivity index (χ0n) is 14.4. The molecule has 1 N–H and O–H groups in total. The molecule has 1 aromatic rings. The van der Waals surface area contributed by atoms with Crippen molar-refractivity contribution in [2.45, 2.75) is 45.4 Å². The number of benzene rings is 1. The molecule has 0 radical (unpaired) electrons. The SMILES string of the molecule is C=Cc1ccc(C(=O)SC=CC(=O)NCCCCCCCC)cc1. The van der Waals surface area contributed by atoms with Crippen molar-refractivity contribution in [3.05, 3.63) is 53.5 Å². The second-order valence-electron chi connectivity index (χ2n) is 5.59. The van der Waals surface area contributed by atoms with Gasteiger partial charge < -0.3 is 5.32 Å². The Morgan fingerprint density at radius 2 is 1.75 bits per heavy atom. The molecule has 0 saturated heterocycles. The molecule has 4 heteroatoms. The Labute approximate surface area is 149 Å². The second kappa shape index (κ2) is 12.6. The predicted molar refractivity (Wildman–Crippen MR) is 104 cm³/mol. The Bertz CT molecular complexity index is 549. The van der Waals surface area contributed by atoms with Gasteiger partial charge >= 0.3 is 0 Å². The fraction of sp³-hybridized carbons (Fsp3) is 0.400. The third-order valence-electron chi connectivity index (χ3n) is 3.61. The third kappa shape index (κ3) is 8.73. The van der Waals surface area contributed by atoms with Crippen molar-refractivity contribution >= 4 is 28.9 Å². The molecule has 0 unspecified atom stereocenters. The zero-order valence-corrected chi connectivity index (χ0v) is 15.2. The minimum Gasteiger partial charge on any atom is -0.353 e. The van der Waals surface area contributed by atoms with Gasteiger partial charge in [-0.15, -0.1) is 0 Å². The van der Waals surface area contributed by atoms with Crippen LogP contribution >= 0.6 is 11.8 Å². The fourth-order valence-electron chi connectivity index (χ4n) is 2.16. The van der Waals surface area contributed by atoms with Crippen LogP contribution in [0.15, 0.2) is 42.3 Å². The molecule has 0 bridgehead atoms. The largest absolute Gasteiger partial charge is 0.353 e. The van der Waals surface area contributed by atoms with Crippen molar-refractivity contribution in [2.75, 3.05) is 6.54 Å². The second-order valence-corrected chi connectivity index (χ2v) is 6.47. The Kier molecular flexibility index (Phi) is 10.6. The molecule has 24 heavy (non-hydrogen) atoms. The molecule has 1 amide bonds. The number of amides is 1. The van der Waals surface area contributed by atoms with Crippen molar-refractivity contribution < 1.29 is 9.59 Å². The van der Waals surface area contributed by atoms with Crippen LogP contribution in [0.1, 0.15) is 61.4 Å². The summed E-state index contributed by atoms with van der Waals surface area (Å²) in [7, 11) is 0. The first-order chi connectivity index (χ1) is 11.7. The van der Waals surface area contributed by atoms with E-state index in [1.54, 1.807) is 23.6 Å². The van der Waals surface area contributed by atoms with E-state index < -0.39 is 0 Å². The molecule has 0 heterocycles. The Hall–Kier alpha value is -1.81.